The van der Waals surface area contributed by atoms with Gasteiger partial charge in [-0.1, -0.05) is 30.3 Å². The lowest BCUT2D eigenvalue weighted by atomic mass is 10.2. The zero-order chi connectivity index (χ0) is 15.2. The molecule has 0 radical (unpaired) electrons. The molecular formula is C14H12Cl2N2O3. The van der Waals surface area contributed by atoms with Crippen molar-refractivity contribution in [3.8, 4) is 0 Å². The molecule has 1 saturated heterocycles. The Morgan fingerprint density at radius 1 is 1.05 bits per heavy atom. The lowest BCUT2D eigenvalue weighted by Gasteiger charge is -2.15. The number of imide groups is 2. The van der Waals surface area contributed by atoms with E-state index in [9.17, 15) is 14.4 Å². The minimum absolute atomic E-state index is 0.0817. The quantitative estimate of drug-likeness (QED) is 0.484. The maximum atomic E-state index is 12.2. The van der Waals surface area contributed by atoms with E-state index in [1.807, 2.05) is 6.07 Å². The van der Waals surface area contributed by atoms with E-state index in [-0.39, 0.29) is 19.0 Å². The van der Waals surface area contributed by atoms with E-state index in [1.54, 1.807) is 24.3 Å². The molecule has 1 aliphatic carbocycles. The van der Waals surface area contributed by atoms with Crippen LogP contribution in [-0.4, -0.2) is 38.5 Å². The standard InChI is InChI=1S/C14H12Cl2N2O3/c15-14(16)6-10(14)8-18-12(20)11(19)17(13(18)21)7-9-4-2-1-3-5-9/h1-5,10H,6-8H2/t10-/m1/s1. The van der Waals surface area contributed by atoms with E-state index in [1.165, 1.54) is 0 Å². The lowest BCUT2D eigenvalue weighted by molar-refractivity contribution is -0.143. The van der Waals surface area contributed by atoms with Crippen LogP contribution in [0.2, 0.25) is 0 Å². The molecule has 1 aliphatic heterocycles. The Bertz CT molecular complexity index is 618. The Morgan fingerprint density at radius 3 is 2.19 bits per heavy atom. The van der Waals surface area contributed by atoms with Crippen LogP contribution >= 0.6 is 23.2 Å². The molecule has 1 aromatic carbocycles. The van der Waals surface area contributed by atoms with E-state index in [0.717, 1.165) is 15.4 Å². The number of hydrogen-bond acceptors (Lipinski definition) is 3. The van der Waals surface area contributed by atoms with Gasteiger partial charge in [0, 0.05) is 12.5 Å². The summed E-state index contributed by atoms with van der Waals surface area (Å²) in [7, 11) is 0. The first-order chi connectivity index (χ1) is 9.90. The number of benzene rings is 1. The Kier molecular flexibility index (Phi) is 3.42. The largest absolute Gasteiger partial charge is 0.334 e. The Hall–Kier alpha value is -1.59. The van der Waals surface area contributed by atoms with E-state index >= 15 is 0 Å². The second-order valence-corrected chi connectivity index (χ2v) is 6.78. The Morgan fingerprint density at radius 2 is 1.62 bits per heavy atom. The van der Waals surface area contributed by atoms with Crippen LogP contribution in [0.25, 0.3) is 0 Å². The van der Waals surface area contributed by atoms with Gasteiger partial charge in [-0.15, -0.1) is 23.2 Å². The number of hydrogen-bond donors (Lipinski definition) is 0. The number of carbonyl (C=O) groups excluding carboxylic acids is 3. The van der Waals surface area contributed by atoms with Crippen LogP contribution in [0.1, 0.15) is 12.0 Å². The first-order valence-electron chi connectivity index (χ1n) is 6.49. The van der Waals surface area contributed by atoms with Gasteiger partial charge in [0.2, 0.25) is 0 Å². The second-order valence-electron chi connectivity index (χ2n) is 5.24. The van der Waals surface area contributed by atoms with E-state index in [0.29, 0.717) is 6.42 Å². The summed E-state index contributed by atoms with van der Waals surface area (Å²) in [5.41, 5.74) is 0.782. The molecule has 1 heterocycles. The van der Waals surface area contributed by atoms with Gasteiger partial charge < -0.3 is 0 Å². The molecule has 0 unspecified atom stereocenters. The first-order valence-corrected chi connectivity index (χ1v) is 7.25. The maximum Gasteiger partial charge on any atom is 0.334 e. The molecule has 1 atom stereocenters. The average molecular weight is 327 g/mol. The van der Waals surface area contributed by atoms with Crippen LogP contribution in [-0.2, 0) is 16.1 Å². The highest BCUT2D eigenvalue weighted by Gasteiger charge is 2.55. The predicted molar refractivity (Wildman–Crippen MR) is 76.6 cm³/mol. The lowest BCUT2D eigenvalue weighted by Crippen LogP contribution is -2.35. The molecule has 0 aromatic heterocycles. The summed E-state index contributed by atoms with van der Waals surface area (Å²) in [5.74, 6) is -1.79. The van der Waals surface area contributed by atoms with Gasteiger partial charge in [0.15, 0.2) is 0 Å². The highest BCUT2D eigenvalue weighted by Crippen LogP contribution is 2.53. The summed E-state index contributed by atoms with van der Waals surface area (Å²) in [5, 5.41) is 0. The molecule has 1 saturated carbocycles. The topological polar surface area (TPSA) is 57.7 Å². The van der Waals surface area contributed by atoms with Crippen LogP contribution in [0.3, 0.4) is 0 Å². The monoisotopic (exact) mass is 326 g/mol. The van der Waals surface area contributed by atoms with Crippen molar-refractivity contribution in [1.29, 1.82) is 0 Å². The highest BCUT2D eigenvalue weighted by molar-refractivity contribution is 6.51. The molecule has 110 valence electrons. The van der Waals surface area contributed by atoms with Crippen LogP contribution in [0.4, 0.5) is 4.79 Å². The van der Waals surface area contributed by atoms with Gasteiger partial charge in [-0.2, -0.15) is 0 Å². The van der Waals surface area contributed by atoms with Gasteiger partial charge in [0.25, 0.3) is 0 Å². The number of alkyl halides is 2. The Labute approximate surface area is 131 Å². The zero-order valence-corrected chi connectivity index (χ0v) is 12.5. The number of urea groups is 1. The summed E-state index contributed by atoms with van der Waals surface area (Å²) >= 11 is 11.8. The van der Waals surface area contributed by atoms with Crippen LogP contribution < -0.4 is 0 Å². The van der Waals surface area contributed by atoms with Gasteiger partial charge in [-0.3, -0.25) is 19.4 Å². The van der Waals surface area contributed by atoms with Crippen LogP contribution in [0, 0.1) is 5.92 Å². The van der Waals surface area contributed by atoms with Crippen molar-refractivity contribution in [2.45, 2.75) is 17.3 Å². The number of nitrogens with zero attached hydrogens (tertiary/aromatic N) is 2. The summed E-state index contributed by atoms with van der Waals surface area (Å²) in [6.45, 7) is 0.167. The number of amides is 4. The molecular weight excluding hydrogens is 315 g/mol. The zero-order valence-electron chi connectivity index (χ0n) is 11.0. The van der Waals surface area contributed by atoms with E-state index in [4.69, 9.17) is 23.2 Å². The van der Waals surface area contributed by atoms with Crippen molar-refractivity contribution < 1.29 is 14.4 Å². The number of halogens is 2. The molecule has 3 rings (SSSR count). The molecule has 2 aliphatic rings. The Balaban J connectivity index is 1.73. The predicted octanol–water partition coefficient (Wildman–Crippen LogP) is 2.17. The molecule has 7 heteroatoms. The van der Waals surface area contributed by atoms with Gasteiger partial charge in [-0.05, 0) is 12.0 Å². The molecule has 0 spiro atoms. The fraction of sp³-hybridized carbons (Fsp3) is 0.357. The summed E-state index contributed by atoms with van der Waals surface area (Å²) < 4.78 is -0.892. The van der Waals surface area contributed by atoms with Crippen LogP contribution in [0.15, 0.2) is 30.3 Å². The molecule has 1 aromatic rings. The van der Waals surface area contributed by atoms with Crippen LogP contribution in [0.5, 0.6) is 0 Å². The van der Waals surface area contributed by atoms with Crippen molar-refractivity contribution in [3.05, 3.63) is 35.9 Å². The van der Waals surface area contributed by atoms with Gasteiger partial charge in [0.1, 0.15) is 4.33 Å². The molecule has 2 fully saturated rings. The molecule has 0 N–H and O–H groups in total. The highest BCUT2D eigenvalue weighted by atomic mass is 35.5. The summed E-state index contributed by atoms with van der Waals surface area (Å²) in [4.78, 5) is 38.0. The summed E-state index contributed by atoms with van der Waals surface area (Å²) in [6, 6.07) is 8.42. The van der Waals surface area contributed by atoms with Crippen molar-refractivity contribution in [1.82, 2.24) is 9.80 Å². The van der Waals surface area contributed by atoms with E-state index in [2.05, 4.69) is 0 Å². The SMILES string of the molecule is O=C1C(=O)N(C[C@H]2CC2(Cl)Cl)C(=O)N1Cc1ccccc1. The van der Waals surface area contributed by atoms with Crippen molar-refractivity contribution >= 4 is 41.0 Å². The molecule has 5 nitrogen and oxygen atoms in total. The molecule has 4 amide bonds. The second kappa shape index (κ2) is 5.00. The van der Waals surface area contributed by atoms with Gasteiger partial charge in [0.05, 0.1) is 6.54 Å². The third-order valence-electron chi connectivity index (χ3n) is 3.68. The van der Waals surface area contributed by atoms with Crippen molar-refractivity contribution in [2.75, 3.05) is 6.54 Å². The minimum Gasteiger partial charge on any atom is -0.263 e. The summed E-state index contributed by atoms with van der Waals surface area (Å²) in [6.07, 6.45) is 0.514. The maximum absolute atomic E-state index is 12.2. The minimum atomic E-state index is -0.892. The van der Waals surface area contributed by atoms with Gasteiger partial charge >= 0.3 is 17.8 Å². The first kappa shape index (κ1) is 14.4. The normalized spacial score (nSPS) is 23.9. The number of carbonyl (C=O) groups is 3. The third kappa shape index (κ3) is 2.63. The fourth-order valence-electron chi connectivity index (χ4n) is 2.30. The fourth-order valence-corrected chi connectivity index (χ4v) is 2.82. The molecule has 0 bridgehead atoms. The van der Waals surface area contributed by atoms with Gasteiger partial charge in [-0.25, -0.2) is 4.79 Å². The average Bonchev–Trinajstić information content (AvgIpc) is 3.02. The smallest absolute Gasteiger partial charge is 0.263 e. The molecule has 21 heavy (non-hydrogen) atoms. The number of rotatable bonds is 4. The van der Waals surface area contributed by atoms with Crippen molar-refractivity contribution in [2.24, 2.45) is 5.92 Å². The van der Waals surface area contributed by atoms with Crippen molar-refractivity contribution in [3.63, 3.8) is 0 Å². The third-order valence-corrected chi connectivity index (χ3v) is 4.60. The van der Waals surface area contributed by atoms with E-state index < -0.39 is 22.2 Å².